The summed E-state index contributed by atoms with van der Waals surface area (Å²) in [5.41, 5.74) is 2.11. The lowest BCUT2D eigenvalue weighted by Crippen LogP contribution is -2.09. The van der Waals surface area contributed by atoms with Crippen LogP contribution in [0.1, 0.15) is 25.3 Å². The fourth-order valence-corrected chi connectivity index (χ4v) is 1.42. The minimum atomic E-state index is 0.0507. The first-order valence-corrected chi connectivity index (χ1v) is 5.59. The first-order valence-electron chi connectivity index (χ1n) is 5.59. The first-order chi connectivity index (χ1) is 7.76. The summed E-state index contributed by atoms with van der Waals surface area (Å²) in [4.78, 5) is 11.2. The molecule has 1 aromatic carbocycles. The summed E-state index contributed by atoms with van der Waals surface area (Å²) in [5.74, 6) is 0.0507. The van der Waals surface area contributed by atoms with Crippen molar-refractivity contribution in [3.05, 3.63) is 48.9 Å². The van der Waals surface area contributed by atoms with E-state index in [1.54, 1.807) is 0 Å². The highest BCUT2D eigenvalue weighted by Crippen LogP contribution is 2.12. The number of aryl methyl sites for hydroxylation is 1. The van der Waals surface area contributed by atoms with Crippen LogP contribution in [-0.4, -0.2) is 5.91 Å². The van der Waals surface area contributed by atoms with Crippen molar-refractivity contribution in [2.45, 2.75) is 26.2 Å². The lowest BCUT2D eigenvalue weighted by atomic mass is 10.1. The quantitative estimate of drug-likeness (QED) is 0.803. The van der Waals surface area contributed by atoms with Crippen molar-refractivity contribution >= 4 is 11.6 Å². The fraction of sp³-hybridized carbons (Fsp3) is 0.286. The highest BCUT2D eigenvalue weighted by Gasteiger charge is 1.99. The minimum absolute atomic E-state index is 0.0507. The number of carbonyl (C=O) groups is 1. The topological polar surface area (TPSA) is 29.1 Å². The van der Waals surface area contributed by atoms with Gasteiger partial charge in [-0.1, -0.05) is 31.2 Å². The van der Waals surface area contributed by atoms with E-state index in [2.05, 4.69) is 18.3 Å². The summed E-state index contributed by atoms with van der Waals surface area (Å²) in [6, 6.07) is 7.96. The molecule has 0 fully saturated rings. The van der Waals surface area contributed by atoms with Crippen LogP contribution in [0.4, 0.5) is 5.69 Å². The molecule has 2 heteroatoms. The van der Waals surface area contributed by atoms with Gasteiger partial charge < -0.3 is 5.32 Å². The van der Waals surface area contributed by atoms with Crippen LogP contribution in [0.2, 0.25) is 0 Å². The number of anilines is 1. The van der Waals surface area contributed by atoms with Gasteiger partial charge in [0, 0.05) is 12.1 Å². The van der Waals surface area contributed by atoms with Gasteiger partial charge in [-0.15, -0.1) is 0 Å². The lowest BCUT2D eigenvalue weighted by molar-refractivity contribution is -0.115. The standard InChI is InChI=1S/C14H18NO/c1-3-5-6-8-12-9-7-10-13(11-12)15-14(16)4-2/h3,5,7,9-11H,1,4,6,8H2,2H3,(H,15,16). The van der Waals surface area contributed by atoms with Gasteiger partial charge in [-0.2, -0.15) is 0 Å². The monoisotopic (exact) mass is 216 g/mol. The van der Waals surface area contributed by atoms with Crippen LogP contribution < -0.4 is 5.32 Å². The normalized spacial score (nSPS) is 10.6. The zero-order valence-corrected chi connectivity index (χ0v) is 9.70. The second-order valence-electron chi connectivity index (χ2n) is 3.61. The van der Waals surface area contributed by atoms with Gasteiger partial charge in [0.05, 0.1) is 0 Å². The summed E-state index contributed by atoms with van der Waals surface area (Å²) in [7, 11) is 0. The molecule has 85 valence electrons. The van der Waals surface area contributed by atoms with Crippen molar-refractivity contribution in [3.63, 3.8) is 0 Å². The van der Waals surface area contributed by atoms with Gasteiger partial charge in [-0.05, 0) is 37.5 Å². The van der Waals surface area contributed by atoms with Gasteiger partial charge in [0.15, 0.2) is 0 Å². The smallest absolute Gasteiger partial charge is 0.224 e. The van der Waals surface area contributed by atoms with E-state index in [4.69, 9.17) is 0 Å². The van der Waals surface area contributed by atoms with Crippen LogP contribution in [0.3, 0.4) is 0 Å². The van der Waals surface area contributed by atoms with Crippen molar-refractivity contribution in [1.29, 1.82) is 0 Å². The maximum absolute atomic E-state index is 11.2. The average molecular weight is 216 g/mol. The summed E-state index contributed by atoms with van der Waals surface area (Å²) in [6.07, 6.45) is 6.31. The third-order valence-electron chi connectivity index (χ3n) is 2.30. The molecule has 0 heterocycles. The van der Waals surface area contributed by atoms with E-state index >= 15 is 0 Å². The van der Waals surface area contributed by atoms with Gasteiger partial charge in [0.1, 0.15) is 0 Å². The van der Waals surface area contributed by atoms with E-state index < -0.39 is 0 Å². The molecular formula is C14H18NO. The van der Waals surface area contributed by atoms with Crippen LogP contribution in [0, 0.1) is 6.92 Å². The Balaban J connectivity index is 2.60. The van der Waals surface area contributed by atoms with Gasteiger partial charge in [-0.25, -0.2) is 0 Å². The third kappa shape index (κ3) is 4.30. The highest BCUT2D eigenvalue weighted by molar-refractivity contribution is 5.90. The van der Waals surface area contributed by atoms with Crippen molar-refractivity contribution in [2.75, 3.05) is 5.32 Å². The molecule has 16 heavy (non-hydrogen) atoms. The highest BCUT2D eigenvalue weighted by atomic mass is 16.1. The zero-order valence-electron chi connectivity index (χ0n) is 9.70. The van der Waals surface area contributed by atoms with Gasteiger partial charge >= 0.3 is 0 Å². The number of allylic oxidation sites excluding steroid dienone is 2. The number of benzene rings is 1. The Morgan fingerprint density at radius 3 is 3.00 bits per heavy atom. The van der Waals surface area contributed by atoms with E-state index in [-0.39, 0.29) is 5.91 Å². The van der Waals surface area contributed by atoms with Crippen LogP contribution in [0.5, 0.6) is 0 Å². The van der Waals surface area contributed by atoms with E-state index in [0.29, 0.717) is 6.42 Å². The molecule has 1 N–H and O–H groups in total. The Kier molecular flexibility index (Phi) is 5.34. The number of nitrogens with one attached hydrogen (secondary N) is 1. The van der Waals surface area contributed by atoms with Crippen molar-refractivity contribution in [1.82, 2.24) is 0 Å². The Hall–Kier alpha value is -1.57. The van der Waals surface area contributed by atoms with Gasteiger partial charge in [0.2, 0.25) is 5.91 Å². The molecule has 0 unspecified atom stereocenters. The molecule has 2 nitrogen and oxygen atoms in total. The summed E-state index contributed by atoms with van der Waals surface area (Å²) >= 11 is 0. The van der Waals surface area contributed by atoms with Crippen LogP contribution in [-0.2, 0) is 11.2 Å². The molecule has 0 atom stereocenters. The maximum atomic E-state index is 11.2. The summed E-state index contributed by atoms with van der Waals surface area (Å²) in [6.45, 7) is 5.49. The van der Waals surface area contributed by atoms with E-state index in [9.17, 15) is 4.79 Å². The van der Waals surface area contributed by atoms with Crippen molar-refractivity contribution in [2.24, 2.45) is 0 Å². The van der Waals surface area contributed by atoms with E-state index in [1.807, 2.05) is 37.3 Å². The molecular weight excluding hydrogens is 198 g/mol. The Morgan fingerprint density at radius 2 is 2.31 bits per heavy atom. The molecule has 1 radical (unpaired) electrons. The maximum Gasteiger partial charge on any atom is 0.224 e. The average Bonchev–Trinajstić information content (AvgIpc) is 2.30. The minimum Gasteiger partial charge on any atom is -0.326 e. The fourth-order valence-electron chi connectivity index (χ4n) is 1.42. The second-order valence-corrected chi connectivity index (χ2v) is 3.61. The van der Waals surface area contributed by atoms with Crippen LogP contribution in [0.25, 0.3) is 0 Å². The molecule has 0 saturated carbocycles. The lowest BCUT2D eigenvalue weighted by Gasteiger charge is -2.05. The van der Waals surface area contributed by atoms with Crippen LogP contribution in [0.15, 0.2) is 36.4 Å². The third-order valence-corrected chi connectivity index (χ3v) is 2.30. The summed E-state index contributed by atoms with van der Waals surface area (Å²) < 4.78 is 0. The number of hydrogen-bond acceptors (Lipinski definition) is 1. The molecule has 1 amide bonds. The molecule has 0 saturated heterocycles. The molecule has 1 aromatic rings. The SMILES string of the molecule is [CH2]C=CCCc1cccc(NC(=O)CC)c1. The molecule has 0 spiro atoms. The van der Waals surface area contributed by atoms with Gasteiger partial charge in [0.25, 0.3) is 0 Å². The Labute approximate surface area is 97.4 Å². The van der Waals surface area contributed by atoms with Crippen molar-refractivity contribution in [3.8, 4) is 0 Å². The molecule has 0 aliphatic heterocycles. The number of hydrogen-bond donors (Lipinski definition) is 1. The number of rotatable bonds is 5. The Morgan fingerprint density at radius 1 is 1.50 bits per heavy atom. The zero-order chi connectivity index (χ0) is 11.8. The van der Waals surface area contributed by atoms with Crippen molar-refractivity contribution < 1.29 is 4.79 Å². The van der Waals surface area contributed by atoms with E-state index in [0.717, 1.165) is 18.5 Å². The first kappa shape index (κ1) is 12.5. The predicted molar refractivity (Wildman–Crippen MR) is 68.2 cm³/mol. The predicted octanol–water partition coefficient (Wildman–Crippen LogP) is 3.36. The largest absolute Gasteiger partial charge is 0.326 e. The molecule has 0 aliphatic carbocycles. The van der Waals surface area contributed by atoms with Gasteiger partial charge in [-0.3, -0.25) is 4.79 Å². The molecule has 0 bridgehead atoms. The molecule has 0 aromatic heterocycles. The molecule has 1 rings (SSSR count). The number of carbonyl (C=O) groups excluding carboxylic acids is 1. The Bertz CT molecular complexity index is 369. The number of amides is 1. The summed E-state index contributed by atoms with van der Waals surface area (Å²) in [5, 5.41) is 2.85. The van der Waals surface area contributed by atoms with E-state index in [1.165, 1.54) is 5.56 Å². The van der Waals surface area contributed by atoms with Crippen LogP contribution >= 0.6 is 0 Å². The molecule has 0 aliphatic rings. The second kappa shape index (κ2) is 6.83.